The first kappa shape index (κ1) is 13.1. The number of imidazole rings is 1. The fraction of sp³-hybridized carbons (Fsp3) is 0.583. The quantitative estimate of drug-likeness (QED) is 0.842. The van der Waals surface area contributed by atoms with E-state index >= 15 is 0 Å². The van der Waals surface area contributed by atoms with Gasteiger partial charge in [-0.1, -0.05) is 6.08 Å². The third kappa shape index (κ3) is 2.93. The van der Waals surface area contributed by atoms with E-state index in [1.54, 1.807) is 6.08 Å². The zero-order chi connectivity index (χ0) is 13.2. The molecule has 1 aromatic heterocycles. The van der Waals surface area contributed by atoms with E-state index in [9.17, 15) is 8.42 Å². The highest BCUT2D eigenvalue weighted by Gasteiger charge is 2.27. The molecule has 1 aromatic rings. The van der Waals surface area contributed by atoms with Crippen LogP contribution >= 0.6 is 0 Å². The second-order valence-corrected chi connectivity index (χ2v) is 6.92. The topological polar surface area (TPSA) is 64.0 Å². The van der Waals surface area contributed by atoms with Crippen LogP contribution in [0.15, 0.2) is 18.9 Å². The summed E-state index contributed by atoms with van der Waals surface area (Å²) in [6.45, 7) is 6.18. The second-order valence-electron chi connectivity index (χ2n) is 4.69. The van der Waals surface area contributed by atoms with E-state index < -0.39 is 9.84 Å². The molecule has 0 bridgehead atoms. The zero-order valence-electron chi connectivity index (χ0n) is 10.6. The number of nitrogens with zero attached hydrogens (tertiary/aromatic N) is 2. The van der Waals surface area contributed by atoms with Gasteiger partial charge < -0.3 is 9.88 Å². The Morgan fingerprint density at radius 2 is 2.44 bits per heavy atom. The van der Waals surface area contributed by atoms with Gasteiger partial charge in [0.15, 0.2) is 9.84 Å². The first-order valence-electron chi connectivity index (χ1n) is 6.12. The van der Waals surface area contributed by atoms with Gasteiger partial charge in [-0.3, -0.25) is 0 Å². The number of aromatic nitrogens is 2. The van der Waals surface area contributed by atoms with Crippen molar-refractivity contribution >= 4 is 15.8 Å². The predicted octanol–water partition coefficient (Wildman–Crippen LogP) is 1.54. The minimum Gasteiger partial charge on any atom is -0.352 e. The van der Waals surface area contributed by atoms with Crippen LogP contribution in [-0.2, 0) is 9.84 Å². The molecular weight excluding hydrogens is 250 g/mol. The molecule has 5 nitrogen and oxygen atoms in total. The molecule has 0 saturated carbocycles. The van der Waals surface area contributed by atoms with Crippen molar-refractivity contribution in [3.63, 3.8) is 0 Å². The fourth-order valence-corrected chi connectivity index (χ4v) is 3.99. The van der Waals surface area contributed by atoms with E-state index in [0.29, 0.717) is 12.3 Å². The van der Waals surface area contributed by atoms with Crippen LogP contribution in [0.3, 0.4) is 0 Å². The van der Waals surface area contributed by atoms with E-state index in [2.05, 4.69) is 16.9 Å². The first-order valence-corrected chi connectivity index (χ1v) is 7.94. The summed E-state index contributed by atoms with van der Waals surface area (Å²) in [6, 6.07) is -0.00253. The molecule has 1 aliphatic heterocycles. The maximum Gasteiger partial charge on any atom is 0.203 e. The summed E-state index contributed by atoms with van der Waals surface area (Å²) in [7, 11) is -2.90. The fourth-order valence-electron chi connectivity index (χ4n) is 2.31. The molecule has 1 atom stereocenters. The van der Waals surface area contributed by atoms with Gasteiger partial charge in [0.1, 0.15) is 0 Å². The highest BCUT2D eigenvalue weighted by Crippen LogP contribution is 2.26. The molecule has 2 heterocycles. The van der Waals surface area contributed by atoms with Crippen LogP contribution < -0.4 is 5.32 Å². The van der Waals surface area contributed by atoms with Gasteiger partial charge in [0.2, 0.25) is 5.95 Å². The molecule has 6 heteroatoms. The van der Waals surface area contributed by atoms with Crippen molar-refractivity contribution in [3.05, 3.63) is 24.5 Å². The molecule has 100 valence electrons. The third-order valence-electron chi connectivity index (χ3n) is 3.09. The lowest BCUT2D eigenvalue weighted by molar-refractivity contribution is 0.473. The van der Waals surface area contributed by atoms with Crippen LogP contribution in [0, 0.1) is 6.92 Å². The van der Waals surface area contributed by atoms with Crippen molar-refractivity contribution in [2.75, 3.05) is 23.4 Å². The number of rotatable bonds is 4. The molecule has 2 rings (SSSR count). The lowest BCUT2D eigenvalue weighted by Gasteiger charge is -2.24. The summed E-state index contributed by atoms with van der Waals surface area (Å²) in [6.07, 6.45) is 5.28. The number of hydrogen-bond donors (Lipinski definition) is 1. The van der Waals surface area contributed by atoms with Crippen LogP contribution in [0.5, 0.6) is 0 Å². The van der Waals surface area contributed by atoms with E-state index in [1.165, 1.54) is 0 Å². The summed E-state index contributed by atoms with van der Waals surface area (Å²) in [4.78, 5) is 4.38. The van der Waals surface area contributed by atoms with Crippen molar-refractivity contribution in [2.24, 2.45) is 0 Å². The molecule has 1 fully saturated rings. The molecular formula is C12H19N3O2S. The normalized spacial score (nSPS) is 22.6. The molecule has 18 heavy (non-hydrogen) atoms. The number of hydrogen-bond acceptors (Lipinski definition) is 4. The van der Waals surface area contributed by atoms with Crippen molar-refractivity contribution in [3.8, 4) is 0 Å². The average molecular weight is 269 g/mol. The Morgan fingerprint density at radius 1 is 1.67 bits per heavy atom. The Kier molecular flexibility index (Phi) is 3.75. The van der Waals surface area contributed by atoms with E-state index in [4.69, 9.17) is 0 Å². The zero-order valence-corrected chi connectivity index (χ0v) is 11.4. The Labute approximate surface area is 108 Å². The van der Waals surface area contributed by atoms with E-state index in [-0.39, 0.29) is 11.8 Å². The standard InChI is InChI=1S/C12H19N3O2S/c1-3-6-13-12-14-10(2)8-15(12)11-5-4-7-18(16,17)9-11/h3,8,11H,1,4-7,9H2,2H3,(H,13,14). The minimum absolute atomic E-state index is 0.00253. The number of aryl methyl sites for hydroxylation is 1. The van der Waals surface area contributed by atoms with Crippen molar-refractivity contribution in [2.45, 2.75) is 25.8 Å². The van der Waals surface area contributed by atoms with Gasteiger partial charge >= 0.3 is 0 Å². The van der Waals surface area contributed by atoms with Gasteiger partial charge in [-0.05, 0) is 19.8 Å². The summed E-state index contributed by atoms with van der Waals surface area (Å²) >= 11 is 0. The van der Waals surface area contributed by atoms with E-state index in [1.807, 2.05) is 17.7 Å². The Balaban J connectivity index is 2.23. The smallest absolute Gasteiger partial charge is 0.203 e. The number of sulfone groups is 1. The predicted molar refractivity (Wildman–Crippen MR) is 72.6 cm³/mol. The Bertz CT molecular complexity index is 534. The Morgan fingerprint density at radius 3 is 3.11 bits per heavy atom. The summed E-state index contributed by atoms with van der Waals surface area (Å²) < 4.78 is 25.3. The van der Waals surface area contributed by atoms with Crippen LogP contribution in [-0.4, -0.2) is 36.0 Å². The lowest BCUT2D eigenvalue weighted by atomic mass is 10.2. The first-order chi connectivity index (χ1) is 8.52. The largest absolute Gasteiger partial charge is 0.352 e. The monoisotopic (exact) mass is 269 g/mol. The molecule has 1 unspecified atom stereocenters. The van der Waals surface area contributed by atoms with Gasteiger partial charge in [-0.15, -0.1) is 6.58 Å². The van der Waals surface area contributed by atoms with Crippen LogP contribution in [0.2, 0.25) is 0 Å². The van der Waals surface area contributed by atoms with Gasteiger partial charge in [-0.25, -0.2) is 13.4 Å². The molecule has 0 radical (unpaired) electrons. The van der Waals surface area contributed by atoms with Crippen molar-refractivity contribution in [1.82, 2.24) is 9.55 Å². The maximum absolute atomic E-state index is 11.7. The molecule has 1 saturated heterocycles. The van der Waals surface area contributed by atoms with Crippen LogP contribution in [0.4, 0.5) is 5.95 Å². The minimum atomic E-state index is -2.90. The molecule has 0 aliphatic carbocycles. The summed E-state index contributed by atoms with van der Waals surface area (Å²) in [5, 5.41) is 3.15. The highest BCUT2D eigenvalue weighted by atomic mass is 32.2. The molecule has 1 aliphatic rings. The third-order valence-corrected chi connectivity index (χ3v) is 4.89. The Hall–Kier alpha value is -1.30. The highest BCUT2D eigenvalue weighted by molar-refractivity contribution is 7.91. The van der Waals surface area contributed by atoms with Gasteiger partial charge in [0, 0.05) is 12.7 Å². The molecule has 0 aromatic carbocycles. The lowest BCUT2D eigenvalue weighted by Crippen LogP contribution is -2.28. The van der Waals surface area contributed by atoms with Crippen LogP contribution in [0.25, 0.3) is 0 Å². The maximum atomic E-state index is 11.7. The van der Waals surface area contributed by atoms with Crippen molar-refractivity contribution in [1.29, 1.82) is 0 Å². The number of anilines is 1. The molecule has 1 N–H and O–H groups in total. The van der Waals surface area contributed by atoms with Gasteiger partial charge in [0.25, 0.3) is 0 Å². The second kappa shape index (κ2) is 5.14. The van der Waals surface area contributed by atoms with E-state index in [0.717, 1.165) is 24.5 Å². The molecule has 0 amide bonds. The summed E-state index contributed by atoms with van der Waals surface area (Å²) in [5.41, 5.74) is 0.893. The van der Waals surface area contributed by atoms with Crippen LogP contribution in [0.1, 0.15) is 24.6 Å². The van der Waals surface area contributed by atoms with Gasteiger partial charge in [-0.2, -0.15) is 0 Å². The number of nitrogens with one attached hydrogen (secondary N) is 1. The average Bonchev–Trinajstić information content (AvgIpc) is 2.66. The summed E-state index contributed by atoms with van der Waals surface area (Å²) in [5.74, 6) is 1.26. The van der Waals surface area contributed by atoms with Crippen molar-refractivity contribution < 1.29 is 8.42 Å². The molecule has 0 spiro atoms. The van der Waals surface area contributed by atoms with Gasteiger partial charge in [0.05, 0.1) is 23.2 Å². The SMILES string of the molecule is C=CCNc1nc(C)cn1C1CCCS(=O)(=O)C1.